The fourth-order valence-corrected chi connectivity index (χ4v) is 2.44. The van der Waals surface area contributed by atoms with Crippen LogP contribution >= 0.6 is 0 Å². The SMILES string of the molecule is CC(O)(CO)CNS(=O)(=O)Cc1ccc(F)cc1. The van der Waals surface area contributed by atoms with Gasteiger partial charge in [-0.1, -0.05) is 12.1 Å². The first-order valence-corrected chi connectivity index (χ1v) is 6.94. The molecule has 1 rings (SSSR count). The molecule has 0 aliphatic heterocycles. The number of hydrogen-bond donors (Lipinski definition) is 3. The van der Waals surface area contributed by atoms with Crippen LogP contribution in [0.25, 0.3) is 0 Å². The Morgan fingerprint density at radius 3 is 2.39 bits per heavy atom. The fraction of sp³-hybridized carbons (Fsp3) is 0.455. The lowest BCUT2D eigenvalue weighted by atomic mass is 10.1. The van der Waals surface area contributed by atoms with Crippen LogP contribution in [0.2, 0.25) is 0 Å². The van der Waals surface area contributed by atoms with Crippen LogP contribution in [0.5, 0.6) is 0 Å². The normalized spacial score (nSPS) is 15.3. The number of aliphatic hydroxyl groups is 2. The average Bonchev–Trinajstić information content (AvgIpc) is 2.30. The highest BCUT2D eigenvalue weighted by atomic mass is 32.2. The zero-order chi connectivity index (χ0) is 13.8. The van der Waals surface area contributed by atoms with E-state index in [4.69, 9.17) is 5.11 Å². The Bertz CT molecular complexity index is 484. The third-order valence-corrected chi connectivity index (χ3v) is 3.58. The van der Waals surface area contributed by atoms with E-state index in [1.54, 1.807) is 0 Å². The summed E-state index contributed by atoms with van der Waals surface area (Å²) in [6.45, 7) is 0.479. The summed E-state index contributed by atoms with van der Waals surface area (Å²) >= 11 is 0. The van der Waals surface area contributed by atoms with Gasteiger partial charge in [0.25, 0.3) is 0 Å². The minimum absolute atomic E-state index is 0.285. The quantitative estimate of drug-likeness (QED) is 0.682. The maximum absolute atomic E-state index is 12.6. The highest BCUT2D eigenvalue weighted by molar-refractivity contribution is 7.88. The Balaban J connectivity index is 2.63. The Morgan fingerprint density at radius 2 is 1.89 bits per heavy atom. The lowest BCUT2D eigenvalue weighted by molar-refractivity contribution is 0.00680. The van der Waals surface area contributed by atoms with Gasteiger partial charge in [-0.15, -0.1) is 0 Å². The van der Waals surface area contributed by atoms with Crippen LogP contribution in [-0.2, 0) is 15.8 Å². The molecule has 1 aromatic carbocycles. The molecule has 3 N–H and O–H groups in total. The van der Waals surface area contributed by atoms with E-state index in [9.17, 15) is 17.9 Å². The summed E-state index contributed by atoms with van der Waals surface area (Å²) < 4.78 is 38.1. The molecular formula is C11H16FNO4S. The smallest absolute Gasteiger partial charge is 0.215 e. The summed E-state index contributed by atoms with van der Waals surface area (Å²) in [5.74, 6) is -0.748. The Hall–Kier alpha value is -1.02. The summed E-state index contributed by atoms with van der Waals surface area (Å²) in [7, 11) is -3.63. The summed E-state index contributed by atoms with van der Waals surface area (Å²) in [4.78, 5) is 0. The topological polar surface area (TPSA) is 86.6 Å². The monoisotopic (exact) mass is 277 g/mol. The Labute approximate surface area is 105 Å². The fourth-order valence-electron chi connectivity index (χ4n) is 1.17. The highest BCUT2D eigenvalue weighted by Gasteiger charge is 2.22. The second-order valence-electron chi connectivity index (χ2n) is 4.36. The standard InChI is InChI=1S/C11H16FNO4S/c1-11(15,8-14)7-13-18(16,17)6-9-2-4-10(12)5-3-9/h2-5,13-15H,6-8H2,1H3. The van der Waals surface area contributed by atoms with Crippen LogP contribution in [0.3, 0.4) is 0 Å². The summed E-state index contributed by atoms with van der Waals surface area (Å²) in [6.07, 6.45) is 0. The van der Waals surface area contributed by atoms with Crippen LogP contribution in [-0.4, -0.2) is 37.4 Å². The largest absolute Gasteiger partial charge is 0.393 e. The molecule has 0 amide bonds. The van der Waals surface area contributed by atoms with Crippen LogP contribution in [0, 0.1) is 5.82 Å². The summed E-state index contributed by atoms with van der Waals surface area (Å²) in [5.41, 5.74) is -1.07. The molecule has 5 nitrogen and oxygen atoms in total. The van der Waals surface area contributed by atoms with Crippen molar-refractivity contribution in [3.8, 4) is 0 Å². The van der Waals surface area contributed by atoms with Gasteiger partial charge in [-0.3, -0.25) is 0 Å². The van der Waals surface area contributed by atoms with Crippen LogP contribution in [0.4, 0.5) is 4.39 Å². The molecule has 102 valence electrons. The number of nitrogens with one attached hydrogen (secondary N) is 1. The van der Waals surface area contributed by atoms with E-state index in [2.05, 4.69) is 4.72 Å². The number of rotatable bonds is 6. The van der Waals surface area contributed by atoms with Gasteiger partial charge in [0, 0.05) is 6.54 Å². The van der Waals surface area contributed by atoms with Crippen molar-refractivity contribution in [2.75, 3.05) is 13.2 Å². The molecule has 0 aromatic heterocycles. The van der Waals surface area contributed by atoms with E-state index < -0.39 is 28.0 Å². The zero-order valence-corrected chi connectivity index (χ0v) is 10.7. The number of halogens is 1. The third kappa shape index (κ3) is 5.09. The highest BCUT2D eigenvalue weighted by Crippen LogP contribution is 2.07. The van der Waals surface area contributed by atoms with Gasteiger partial charge in [-0.05, 0) is 24.6 Å². The van der Waals surface area contributed by atoms with Crippen molar-refractivity contribution in [1.82, 2.24) is 4.72 Å². The van der Waals surface area contributed by atoms with Gasteiger partial charge >= 0.3 is 0 Å². The van der Waals surface area contributed by atoms with Crippen molar-refractivity contribution in [3.05, 3.63) is 35.6 Å². The molecule has 0 bridgehead atoms. The Morgan fingerprint density at radius 1 is 1.33 bits per heavy atom. The van der Waals surface area contributed by atoms with Crippen molar-refractivity contribution in [2.45, 2.75) is 18.3 Å². The average molecular weight is 277 g/mol. The second-order valence-corrected chi connectivity index (χ2v) is 6.17. The number of hydrogen-bond acceptors (Lipinski definition) is 4. The molecule has 0 saturated carbocycles. The van der Waals surface area contributed by atoms with Crippen molar-refractivity contribution < 1.29 is 23.0 Å². The van der Waals surface area contributed by atoms with Gasteiger partial charge in [0.2, 0.25) is 10.0 Å². The predicted molar refractivity (Wildman–Crippen MR) is 64.7 cm³/mol. The molecule has 0 radical (unpaired) electrons. The van der Waals surface area contributed by atoms with E-state index >= 15 is 0 Å². The molecule has 0 heterocycles. The van der Waals surface area contributed by atoms with Gasteiger partial charge in [0.15, 0.2) is 0 Å². The first-order valence-electron chi connectivity index (χ1n) is 5.29. The van der Waals surface area contributed by atoms with Crippen LogP contribution in [0.15, 0.2) is 24.3 Å². The van der Waals surface area contributed by atoms with Gasteiger partial charge in [-0.25, -0.2) is 17.5 Å². The maximum Gasteiger partial charge on any atom is 0.215 e. The molecule has 7 heteroatoms. The lowest BCUT2D eigenvalue weighted by Gasteiger charge is -2.20. The molecule has 18 heavy (non-hydrogen) atoms. The first kappa shape index (κ1) is 15.0. The van der Waals surface area contributed by atoms with E-state index in [0.717, 1.165) is 0 Å². The summed E-state index contributed by atoms with van der Waals surface area (Å²) in [5, 5.41) is 18.2. The van der Waals surface area contributed by atoms with Gasteiger partial charge in [-0.2, -0.15) is 0 Å². The predicted octanol–water partition coefficient (Wildman–Crippen LogP) is -0.0116. The van der Waals surface area contributed by atoms with E-state index in [1.165, 1.54) is 31.2 Å². The molecule has 0 saturated heterocycles. The molecular weight excluding hydrogens is 261 g/mol. The molecule has 0 fully saturated rings. The molecule has 0 aliphatic carbocycles. The molecule has 0 spiro atoms. The molecule has 0 aliphatic rings. The summed E-state index contributed by atoms with van der Waals surface area (Å²) in [6, 6.07) is 5.10. The molecule has 1 aromatic rings. The van der Waals surface area contributed by atoms with E-state index in [1.807, 2.05) is 0 Å². The maximum atomic E-state index is 12.6. The molecule has 1 unspecified atom stereocenters. The Kier molecular flexibility index (Phi) is 4.80. The number of sulfonamides is 1. The first-order chi connectivity index (χ1) is 8.24. The van der Waals surface area contributed by atoms with Crippen molar-refractivity contribution >= 4 is 10.0 Å². The van der Waals surface area contributed by atoms with Crippen molar-refractivity contribution in [3.63, 3.8) is 0 Å². The van der Waals surface area contributed by atoms with Crippen molar-refractivity contribution in [1.29, 1.82) is 0 Å². The van der Waals surface area contributed by atoms with E-state index in [-0.39, 0.29) is 12.3 Å². The minimum atomic E-state index is -3.63. The van der Waals surface area contributed by atoms with E-state index in [0.29, 0.717) is 5.56 Å². The second kappa shape index (κ2) is 5.75. The molecule has 1 atom stereocenters. The lowest BCUT2D eigenvalue weighted by Crippen LogP contribution is -2.43. The van der Waals surface area contributed by atoms with Crippen LogP contribution < -0.4 is 4.72 Å². The zero-order valence-electron chi connectivity index (χ0n) is 9.93. The van der Waals surface area contributed by atoms with Gasteiger partial charge in [0.1, 0.15) is 5.82 Å². The number of benzene rings is 1. The van der Waals surface area contributed by atoms with Crippen LogP contribution in [0.1, 0.15) is 12.5 Å². The van der Waals surface area contributed by atoms with Gasteiger partial charge < -0.3 is 10.2 Å². The third-order valence-electron chi connectivity index (χ3n) is 2.28. The van der Waals surface area contributed by atoms with Gasteiger partial charge in [0.05, 0.1) is 18.0 Å². The minimum Gasteiger partial charge on any atom is -0.393 e. The number of aliphatic hydroxyl groups excluding tert-OH is 1. The van der Waals surface area contributed by atoms with Crippen molar-refractivity contribution in [2.24, 2.45) is 0 Å².